The number of hydrogen-bond acceptors (Lipinski definition) is 5. The van der Waals surface area contributed by atoms with Crippen molar-refractivity contribution in [2.75, 3.05) is 20.3 Å². The maximum Gasteiger partial charge on any atom is 0.106 e. The smallest absolute Gasteiger partial charge is 0.106 e. The van der Waals surface area contributed by atoms with Gasteiger partial charge in [0.1, 0.15) is 5.01 Å². The number of hydrogen-bond donors (Lipinski definition) is 1. The van der Waals surface area contributed by atoms with E-state index in [1.54, 1.807) is 18.4 Å². The third-order valence-electron chi connectivity index (χ3n) is 2.94. The summed E-state index contributed by atoms with van der Waals surface area (Å²) in [7, 11) is 1.74. The Morgan fingerprint density at radius 2 is 2.35 bits per heavy atom. The minimum atomic E-state index is 0.534. The Labute approximate surface area is 108 Å². The summed E-state index contributed by atoms with van der Waals surface area (Å²) in [6, 6.07) is 0.549. The van der Waals surface area contributed by atoms with Crippen LogP contribution < -0.4 is 5.73 Å². The number of methoxy groups -OCH3 is 1. The van der Waals surface area contributed by atoms with Crippen molar-refractivity contribution in [2.45, 2.75) is 39.4 Å². The van der Waals surface area contributed by atoms with Crippen molar-refractivity contribution in [1.29, 1.82) is 0 Å². The van der Waals surface area contributed by atoms with E-state index in [4.69, 9.17) is 10.5 Å². The molecule has 2 N–H and O–H groups in total. The lowest BCUT2D eigenvalue weighted by Gasteiger charge is -2.27. The number of aromatic nitrogens is 1. The molecule has 1 rings (SSSR count). The van der Waals surface area contributed by atoms with Crippen LogP contribution in [0.25, 0.3) is 0 Å². The Morgan fingerprint density at radius 3 is 2.88 bits per heavy atom. The first-order valence-corrected chi connectivity index (χ1v) is 6.95. The molecular weight excluding hydrogens is 234 g/mol. The van der Waals surface area contributed by atoms with E-state index in [2.05, 4.69) is 29.1 Å². The molecule has 0 saturated carbocycles. The van der Waals surface area contributed by atoms with Crippen molar-refractivity contribution in [3.05, 3.63) is 16.1 Å². The SMILES string of the molecule is CCC(C)N(CCOC)Cc1csc(CN)n1. The number of rotatable bonds is 8. The van der Waals surface area contributed by atoms with Gasteiger partial charge in [-0.2, -0.15) is 0 Å². The van der Waals surface area contributed by atoms with Crippen molar-refractivity contribution >= 4 is 11.3 Å². The minimum Gasteiger partial charge on any atom is -0.383 e. The molecule has 0 aliphatic rings. The molecule has 0 spiro atoms. The van der Waals surface area contributed by atoms with E-state index >= 15 is 0 Å². The predicted octanol–water partition coefficient (Wildman–Crippen LogP) is 1.85. The molecular formula is C12H23N3OS. The molecule has 0 bridgehead atoms. The van der Waals surface area contributed by atoms with Crippen LogP contribution in [0, 0.1) is 0 Å². The van der Waals surface area contributed by atoms with Gasteiger partial charge in [0.05, 0.1) is 12.3 Å². The van der Waals surface area contributed by atoms with Gasteiger partial charge in [0.15, 0.2) is 0 Å². The largest absolute Gasteiger partial charge is 0.383 e. The second-order valence-corrected chi connectivity index (χ2v) is 5.10. The number of nitrogens with zero attached hydrogens (tertiary/aromatic N) is 2. The summed E-state index contributed by atoms with van der Waals surface area (Å²) >= 11 is 1.64. The molecule has 17 heavy (non-hydrogen) atoms. The van der Waals surface area contributed by atoms with Gasteiger partial charge in [-0.25, -0.2) is 4.98 Å². The first-order chi connectivity index (χ1) is 8.21. The molecule has 0 radical (unpaired) electrons. The molecule has 0 saturated heterocycles. The first kappa shape index (κ1) is 14.6. The van der Waals surface area contributed by atoms with Crippen molar-refractivity contribution in [2.24, 2.45) is 5.73 Å². The molecule has 1 heterocycles. The van der Waals surface area contributed by atoms with E-state index in [-0.39, 0.29) is 0 Å². The van der Waals surface area contributed by atoms with Crippen LogP contribution in [0.3, 0.4) is 0 Å². The summed E-state index contributed by atoms with van der Waals surface area (Å²) in [5.41, 5.74) is 6.69. The van der Waals surface area contributed by atoms with E-state index in [9.17, 15) is 0 Å². The van der Waals surface area contributed by atoms with Crippen LogP contribution in [0.1, 0.15) is 31.0 Å². The molecule has 5 heteroatoms. The Kier molecular flexibility index (Phi) is 6.65. The monoisotopic (exact) mass is 257 g/mol. The summed E-state index contributed by atoms with van der Waals surface area (Å²) in [4.78, 5) is 6.91. The van der Waals surface area contributed by atoms with Crippen molar-refractivity contribution in [1.82, 2.24) is 9.88 Å². The molecule has 4 nitrogen and oxygen atoms in total. The minimum absolute atomic E-state index is 0.534. The van der Waals surface area contributed by atoms with Gasteiger partial charge in [-0.05, 0) is 13.3 Å². The standard InChI is InChI=1S/C12H23N3OS/c1-4-10(2)15(5-6-16-3)8-11-9-17-12(7-13)14-11/h9-10H,4-8,13H2,1-3H3. The fraction of sp³-hybridized carbons (Fsp3) is 0.750. The summed E-state index contributed by atoms with van der Waals surface area (Å²) in [6.45, 7) is 7.57. The average molecular weight is 257 g/mol. The second kappa shape index (κ2) is 7.76. The zero-order valence-electron chi connectivity index (χ0n) is 11.0. The van der Waals surface area contributed by atoms with Gasteiger partial charge in [0, 0.05) is 38.2 Å². The molecule has 0 fully saturated rings. The fourth-order valence-electron chi connectivity index (χ4n) is 1.65. The number of ether oxygens (including phenoxy) is 1. The molecule has 1 atom stereocenters. The Morgan fingerprint density at radius 1 is 1.59 bits per heavy atom. The van der Waals surface area contributed by atoms with Gasteiger partial charge in [-0.3, -0.25) is 4.90 Å². The molecule has 0 amide bonds. The van der Waals surface area contributed by atoms with E-state index in [1.165, 1.54) is 0 Å². The zero-order valence-corrected chi connectivity index (χ0v) is 11.8. The molecule has 1 aromatic heterocycles. The van der Waals surface area contributed by atoms with Crippen LogP contribution >= 0.6 is 11.3 Å². The number of nitrogens with two attached hydrogens (primary N) is 1. The maximum absolute atomic E-state index is 5.57. The molecule has 0 aliphatic heterocycles. The summed E-state index contributed by atoms with van der Waals surface area (Å²) in [5.74, 6) is 0. The van der Waals surface area contributed by atoms with Crippen LogP contribution in [0.15, 0.2) is 5.38 Å². The lowest BCUT2D eigenvalue weighted by Crippen LogP contribution is -2.35. The first-order valence-electron chi connectivity index (χ1n) is 6.07. The van der Waals surface area contributed by atoms with E-state index < -0.39 is 0 Å². The van der Waals surface area contributed by atoms with Crippen LogP contribution in [-0.4, -0.2) is 36.2 Å². The molecule has 98 valence electrons. The third-order valence-corrected chi connectivity index (χ3v) is 3.86. The van der Waals surface area contributed by atoms with Crippen LogP contribution in [0.4, 0.5) is 0 Å². The quantitative estimate of drug-likeness (QED) is 0.772. The summed E-state index contributed by atoms with van der Waals surface area (Å²) in [5, 5.41) is 3.11. The highest BCUT2D eigenvalue weighted by Gasteiger charge is 2.13. The van der Waals surface area contributed by atoms with Crippen molar-refractivity contribution in [3.63, 3.8) is 0 Å². The molecule has 0 aliphatic carbocycles. The highest BCUT2D eigenvalue weighted by Crippen LogP contribution is 2.13. The maximum atomic E-state index is 5.57. The highest BCUT2D eigenvalue weighted by atomic mass is 32.1. The summed E-state index contributed by atoms with van der Waals surface area (Å²) in [6.07, 6.45) is 1.14. The molecule has 0 aromatic carbocycles. The Bertz CT molecular complexity index is 316. The highest BCUT2D eigenvalue weighted by molar-refractivity contribution is 7.09. The fourth-order valence-corrected chi connectivity index (χ4v) is 2.31. The van der Waals surface area contributed by atoms with E-state index in [0.717, 1.165) is 36.8 Å². The lowest BCUT2D eigenvalue weighted by molar-refractivity contribution is 0.117. The average Bonchev–Trinajstić information content (AvgIpc) is 2.81. The predicted molar refractivity (Wildman–Crippen MR) is 72.0 cm³/mol. The topological polar surface area (TPSA) is 51.4 Å². The number of thiazole rings is 1. The van der Waals surface area contributed by atoms with Gasteiger partial charge >= 0.3 is 0 Å². The van der Waals surface area contributed by atoms with Gasteiger partial charge in [0.2, 0.25) is 0 Å². The van der Waals surface area contributed by atoms with Crippen LogP contribution in [-0.2, 0) is 17.8 Å². The second-order valence-electron chi connectivity index (χ2n) is 4.16. The van der Waals surface area contributed by atoms with Crippen LogP contribution in [0.5, 0.6) is 0 Å². The zero-order chi connectivity index (χ0) is 12.7. The van der Waals surface area contributed by atoms with Gasteiger partial charge in [-0.15, -0.1) is 11.3 Å². The Balaban J connectivity index is 2.57. The van der Waals surface area contributed by atoms with E-state index in [1.807, 2.05) is 0 Å². The van der Waals surface area contributed by atoms with Gasteiger partial charge < -0.3 is 10.5 Å². The van der Waals surface area contributed by atoms with Crippen molar-refractivity contribution in [3.8, 4) is 0 Å². The normalized spacial score (nSPS) is 13.2. The third kappa shape index (κ3) is 4.71. The molecule has 1 aromatic rings. The van der Waals surface area contributed by atoms with E-state index in [0.29, 0.717) is 12.6 Å². The lowest BCUT2D eigenvalue weighted by atomic mass is 10.2. The van der Waals surface area contributed by atoms with Crippen molar-refractivity contribution < 1.29 is 4.74 Å². The van der Waals surface area contributed by atoms with Crippen LogP contribution in [0.2, 0.25) is 0 Å². The summed E-state index contributed by atoms with van der Waals surface area (Å²) < 4.78 is 5.15. The van der Waals surface area contributed by atoms with Gasteiger partial charge in [0.25, 0.3) is 0 Å². The van der Waals surface area contributed by atoms with Gasteiger partial charge in [-0.1, -0.05) is 6.92 Å². The molecule has 1 unspecified atom stereocenters. The Hall–Kier alpha value is -0.490.